The Labute approximate surface area is 154 Å². The minimum absolute atomic E-state index is 0.0699. The Kier molecular flexibility index (Phi) is 5.15. The van der Waals surface area contributed by atoms with Crippen LogP contribution in [-0.2, 0) is 14.6 Å². The molecule has 0 aromatic heterocycles. The Morgan fingerprint density at radius 3 is 2.32 bits per heavy atom. The number of nitrogens with zero attached hydrogens (tertiary/aromatic N) is 2. The van der Waals surface area contributed by atoms with Crippen LogP contribution in [0, 0.1) is 11.7 Å². The Balaban J connectivity index is 1.60. The fourth-order valence-corrected chi connectivity index (χ4v) is 5.46. The zero-order valence-corrected chi connectivity index (χ0v) is 15.9. The first-order valence-corrected chi connectivity index (χ1v) is 10.6. The number of hydrogen-bond donors (Lipinski definition) is 0. The second-order valence-electron chi connectivity index (χ2n) is 6.34. The number of piperazine rings is 1. The van der Waals surface area contributed by atoms with Crippen LogP contribution in [0.15, 0.2) is 22.7 Å². The van der Waals surface area contributed by atoms with Crippen molar-refractivity contribution in [1.29, 1.82) is 0 Å². The third-order valence-corrected chi connectivity index (χ3v) is 7.05. The summed E-state index contributed by atoms with van der Waals surface area (Å²) in [6, 6.07) is 3.91. The van der Waals surface area contributed by atoms with E-state index in [1.54, 1.807) is 9.80 Å². The molecule has 0 bridgehead atoms. The highest BCUT2D eigenvalue weighted by atomic mass is 79.9. The normalized spacial score (nSPS) is 22.9. The first-order valence-electron chi connectivity index (χ1n) is 8.00. The largest absolute Gasteiger partial charge is 0.339 e. The van der Waals surface area contributed by atoms with E-state index >= 15 is 0 Å². The van der Waals surface area contributed by atoms with Crippen LogP contribution in [0.2, 0.25) is 0 Å². The van der Waals surface area contributed by atoms with E-state index in [2.05, 4.69) is 15.9 Å². The van der Waals surface area contributed by atoms with Gasteiger partial charge in [-0.1, -0.05) is 0 Å². The predicted octanol–water partition coefficient (Wildman–Crippen LogP) is 1.31. The van der Waals surface area contributed by atoms with Gasteiger partial charge in [-0.05, 0) is 40.5 Å². The molecule has 2 aliphatic rings. The van der Waals surface area contributed by atoms with Gasteiger partial charge in [0.25, 0.3) is 5.91 Å². The van der Waals surface area contributed by atoms with Gasteiger partial charge in [0.05, 0.1) is 23.0 Å². The predicted molar refractivity (Wildman–Crippen MR) is 93.3 cm³/mol. The molecule has 3 rings (SSSR count). The summed E-state index contributed by atoms with van der Waals surface area (Å²) in [5, 5.41) is 0. The lowest BCUT2D eigenvalue weighted by Gasteiger charge is -2.36. The second kappa shape index (κ2) is 7.03. The molecule has 0 radical (unpaired) electrons. The van der Waals surface area contributed by atoms with Crippen molar-refractivity contribution in [2.24, 2.45) is 5.92 Å². The van der Waals surface area contributed by atoms with Crippen LogP contribution >= 0.6 is 15.9 Å². The summed E-state index contributed by atoms with van der Waals surface area (Å²) in [5.74, 6) is -1.25. The summed E-state index contributed by atoms with van der Waals surface area (Å²) in [7, 11) is -3.10. The number of sulfone groups is 1. The van der Waals surface area contributed by atoms with E-state index in [4.69, 9.17) is 0 Å². The molecule has 1 aromatic carbocycles. The SMILES string of the molecule is O=C(c1ccc(F)cc1Br)N1CCN(C(=O)C2CCS(=O)(=O)C2)CC1. The molecule has 0 aliphatic carbocycles. The monoisotopic (exact) mass is 432 g/mol. The zero-order valence-electron chi connectivity index (χ0n) is 13.5. The highest BCUT2D eigenvalue weighted by Gasteiger charge is 2.36. The van der Waals surface area contributed by atoms with E-state index in [9.17, 15) is 22.4 Å². The molecule has 2 amide bonds. The van der Waals surface area contributed by atoms with Crippen molar-refractivity contribution in [3.8, 4) is 0 Å². The summed E-state index contributed by atoms with van der Waals surface area (Å²) in [6.45, 7) is 1.49. The molecule has 1 unspecified atom stereocenters. The fraction of sp³-hybridized carbons (Fsp3) is 0.500. The Morgan fingerprint density at radius 2 is 1.76 bits per heavy atom. The molecule has 1 atom stereocenters. The summed E-state index contributed by atoms with van der Waals surface area (Å²) in [5.41, 5.74) is 0.378. The molecule has 9 heteroatoms. The molecule has 136 valence electrons. The van der Waals surface area contributed by atoms with Crippen LogP contribution in [0.3, 0.4) is 0 Å². The van der Waals surface area contributed by atoms with Gasteiger partial charge in [0.15, 0.2) is 9.84 Å². The maximum atomic E-state index is 13.2. The molecule has 0 spiro atoms. The van der Waals surface area contributed by atoms with E-state index in [1.165, 1.54) is 18.2 Å². The Bertz CT molecular complexity index is 806. The van der Waals surface area contributed by atoms with Gasteiger partial charge < -0.3 is 9.80 Å². The van der Waals surface area contributed by atoms with E-state index in [0.29, 0.717) is 42.6 Å². The van der Waals surface area contributed by atoms with Crippen molar-refractivity contribution in [2.75, 3.05) is 37.7 Å². The van der Waals surface area contributed by atoms with Crippen LogP contribution in [0.25, 0.3) is 0 Å². The van der Waals surface area contributed by atoms with Crippen LogP contribution < -0.4 is 0 Å². The Hall–Kier alpha value is -1.48. The van der Waals surface area contributed by atoms with Crippen molar-refractivity contribution in [2.45, 2.75) is 6.42 Å². The summed E-state index contributed by atoms with van der Waals surface area (Å²) in [6.07, 6.45) is 0.378. The molecular formula is C16H18BrFN2O4S. The molecule has 25 heavy (non-hydrogen) atoms. The molecule has 2 heterocycles. The standard InChI is InChI=1S/C16H18BrFN2O4S/c17-14-9-12(18)1-2-13(14)16(22)20-6-4-19(5-7-20)15(21)11-3-8-25(23,24)10-11/h1-2,9,11H,3-8,10H2. The minimum Gasteiger partial charge on any atom is -0.339 e. The smallest absolute Gasteiger partial charge is 0.255 e. The number of rotatable bonds is 2. The van der Waals surface area contributed by atoms with Gasteiger partial charge in [0, 0.05) is 30.7 Å². The molecule has 0 N–H and O–H groups in total. The van der Waals surface area contributed by atoms with Crippen molar-refractivity contribution in [1.82, 2.24) is 9.80 Å². The average Bonchev–Trinajstić information content (AvgIpc) is 2.94. The minimum atomic E-state index is -3.10. The van der Waals surface area contributed by atoms with Crippen molar-refractivity contribution >= 4 is 37.6 Å². The molecule has 1 aromatic rings. The van der Waals surface area contributed by atoms with E-state index in [0.717, 1.165) is 0 Å². The molecule has 2 aliphatic heterocycles. The number of amides is 2. The first-order chi connectivity index (χ1) is 11.8. The van der Waals surface area contributed by atoms with Crippen LogP contribution in [-0.4, -0.2) is 67.7 Å². The number of hydrogen-bond acceptors (Lipinski definition) is 4. The van der Waals surface area contributed by atoms with Gasteiger partial charge in [-0.2, -0.15) is 0 Å². The molecule has 6 nitrogen and oxygen atoms in total. The lowest BCUT2D eigenvalue weighted by Crippen LogP contribution is -2.52. The van der Waals surface area contributed by atoms with Crippen molar-refractivity contribution in [3.05, 3.63) is 34.1 Å². The van der Waals surface area contributed by atoms with Crippen molar-refractivity contribution < 1.29 is 22.4 Å². The quantitative estimate of drug-likeness (QED) is 0.705. The van der Waals surface area contributed by atoms with Crippen LogP contribution in [0.1, 0.15) is 16.8 Å². The van der Waals surface area contributed by atoms with Crippen molar-refractivity contribution in [3.63, 3.8) is 0 Å². The molecular weight excluding hydrogens is 415 g/mol. The number of halogens is 2. The van der Waals surface area contributed by atoms with E-state index in [1.807, 2.05) is 0 Å². The summed E-state index contributed by atoms with van der Waals surface area (Å²) >= 11 is 3.20. The van der Waals surface area contributed by atoms with E-state index in [-0.39, 0.29) is 23.3 Å². The Morgan fingerprint density at radius 1 is 1.12 bits per heavy atom. The highest BCUT2D eigenvalue weighted by molar-refractivity contribution is 9.10. The van der Waals surface area contributed by atoms with E-state index < -0.39 is 21.6 Å². The van der Waals surface area contributed by atoms with Gasteiger partial charge in [0.2, 0.25) is 5.91 Å². The number of carbonyl (C=O) groups is 2. The maximum Gasteiger partial charge on any atom is 0.255 e. The van der Waals surface area contributed by atoms with Gasteiger partial charge in [-0.15, -0.1) is 0 Å². The van der Waals surface area contributed by atoms with Gasteiger partial charge in [-0.3, -0.25) is 9.59 Å². The third kappa shape index (κ3) is 4.03. The van der Waals surface area contributed by atoms with Gasteiger partial charge in [0.1, 0.15) is 5.82 Å². The van der Waals surface area contributed by atoms with Crippen LogP contribution in [0.4, 0.5) is 4.39 Å². The zero-order chi connectivity index (χ0) is 18.2. The topological polar surface area (TPSA) is 74.8 Å². The molecule has 2 saturated heterocycles. The summed E-state index contributed by atoms with van der Waals surface area (Å²) < 4.78 is 36.6. The first kappa shape index (κ1) is 18.3. The van der Waals surface area contributed by atoms with Crippen LogP contribution in [0.5, 0.6) is 0 Å². The third-order valence-electron chi connectivity index (χ3n) is 4.62. The number of benzene rings is 1. The maximum absolute atomic E-state index is 13.2. The van der Waals surface area contributed by atoms with Gasteiger partial charge in [-0.25, -0.2) is 12.8 Å². The lowest BCUT2D eigenvalue weighted by atomic mass is 10.1. The molecule has 0 saturated carbocycles. The van der Waals surface area contributed by atoms with Gasteiger partial charge >= 0.3 is 0 Å². The number of carbonyl (C=O) groups excluding carboxylic acids is 2. The average molecular weight is 433 g/mol. The second-order valence-corrected chi connectivity index (χ2v) is 9.42. The fourth-order valence-electron chi connectivity index (χ4n) is 3.21. The highest BCUT2D eigenvalue weighted by Crippen LogP contribution is 2.23. The summed E-state index contributed by atoms with van der Waals surface area (Å²) in [4.78, 5) is 28.2. The molecule has 2 fully saturated rings. The lowest BCUT2D eigenvalue weighted by molar-refractivity contribution is -0.136.